The Morgan fingerprint density at radius 3 is 1.78 bits per heavy atom. The van der Waals surface area contributed by atoms with Crippen LogP contribution >= 0.6 is 7.92 Å². The molecule has 0 aliphatic heterocycles. The summed E-state index contributed by atoms with van der Waals surface area (Å²) in [6.45, 7) is 0. The maximum Gasteiger partial charge on any atom is 0.146 e. The molecule has 0 saturated carbocycles. The van der Waals surface area contributed by atoms with Gasteiger partial charge in [0.25, 0.3) is 0 Å². The third kappa shape index (κ3) is 4.26. The molecule has 11 rings (SSSR count). The fraction of sp³-hybridized carbons (Fsp3) is 0. The maximum absolute atomic E-state index is 5.25. The van der Waals surface area contributed by atoms with Gasteiger partial charge in [-0.2, -0.15) is 0 Å². The van der Waals surface area contributed by atoms with Crippen LogP contribution in [0.1, 0.15) is 0 Å². The Labute approximate surface area is 295 Å². The number of fused-ring (bicyclic) bond motifs is 13. The van der Waals surface area contributed by atoms with Crippen molar-refractivity contribution in [3.63, 3.8) is 0 Å². The highest BCUT2D eigenvalue weighted by Crippen LogP contribution is 2.42. The van der Waals surface area contributed by atoms with Gasteiger partial charge >= 0.3 is 0 Å². The Bertz CT molecular complexity index is 3080. The lowest BCUT2D eigenvalue weighted by Gasteiger charge is -2.20. The summed E-state index contributed by atoms with van der Waals surface area (Å²) in [7, 11) is -0.704. The monoisotopic (exact) mass is 667 g/mol. The van der Waals surface area contributed by atoms with E-state index in [0.29, 0.717) is 0 Å². The zero-order valence-corrected chi connectivity index (χ0v) is 28.5. The standard InChI is InChI=1S/C47H30N3P/c1-3-14-33(15-4-1)51(34-16-5-2-6-17-34)35-26-24-32(25-27-35)49-45-30-41-39(29-40(45)38-28-23-31-13-7-8-18-36(31)46(38)49)37-19-9-11-21-43(37)50-44-22-12-10-20-42(44)48-47(41)50/h1-30H. The predicted molar refractivity (Wildman–Crippen MR) is 218 cm³/mol. The fourth-order valence-electron chi connectivity index (χ4n) is 8.20. The molecule has 0 saturated heterocycles. The van der Waals surface area contributed by atoms with E-state index in [1.807, 2.05) is 0 Å². The highest BCUT2D eigenvalue weighted by molar-refractivity contribution is 7.79. The summed E-state index contributed by atoms with van der Waals surface area (Å²) in [4.78, 5) is 5.25. The Morgan fingerprint density at radius 1 is 0.392 bits per heavy atom. The number of imidazole rings is 1. The summed E-state index contributed by atoms with van der Waals surface area (Å²) >= 11 is 0. The average molecular weight is 668 g/mol. The van der Waals surface area contributed by atoms with E-state index in [0.717, 1.165) is 27.8 Å². The number of hydrogen-bond donors (Lipinski definition) is 0. The summed E-state index contributed by atoms with van der Waals surface area (Å²) in [5.41, 5.74) is 7.85. The van der Waals surface area contributed by atoms with Gasteiger partial charge in [-0.25, -0.2) is 4.98 Å². The quantitative estimate of drug-likeness (QED) is 0.135. The number of pyridine rings is 1. The molecule has 0 aliphatic carbocycles. The first-order valence-electron chi connectivity index (χ1n) is 17.4. The van der Waals surface area contributed by atoms with E-state index >= 15 is 0 Å². The van der Waals surface area contributed by atoms with Crippen molar-refractivity contribution in [3.8, 4) is 5.69 Å². The van der Waals surface area contributed by atoms with Gasteiger partial charge in [-0.15, -0.1) is 0 Å². The lowest BCUT2D eigenvalue weighted by atomic mass is 10.0. The van der Waals surface area contributed by atoms with Crippen LogP contribution in [0.25, 0.3) is 76.6 Å². The van der Waals surface area contributed by atoms with Gasteiger partial charge in [-0.3, -0.25) is 4.40 Å². The second-order valence-electron chi connectivity index (χ2n) is 13.2. The highest BCUT2D eigenvalue weighted by Gasteiger charge is 2.21. The minimum Gasteiger partial charge on any atom is -0.309 e. The van der Waals surface area contributed by atoms with Gasteiger partial charge in [0.15, 0.2) is 0 Å². The minimum absolute atomic E-state index is 0.704. The molecule has 3 nitrogen and oxygen atoms in total. The summed E-state index contributed by atoms with van der Waals surface area (Å²) < 4.78 is 4.82. The molecule has 8 aromatic carbocycles. The van der Waals surface area contributed by atoms with Crippen molar-refractivity contribution >= 4 is 94.8 Å². The molecule has 4 heteroatoms. The van der Waals surface area contributed by atoms with Crippen molar-refractivity contribution in [2.75, 3.05) is 0 Å². The third-order valence-electron chi connectivity index (χ3n) is 10.4. The van der Waals surface area contributed by atoms with Crippen LogP contribution in [-0.4, -0.2) is 14.0 Å². The first kappa shape index (κ1) is 28.5. The van der Waals surface area contributed by atoms with E-state index in [2.05, 4.69) is 191 Å². The first-order chi connectivity index (χ1) is 25.3. The lowest BCUT2D eigenvalue weighted by molar-refractivity contribution is 1.19. The van der Waals surface area contributed by atoms with Crippen molar-refractivity contribution in [1.29, 1.82) is 0 Å². The van der Waals surface area contributed by atoms with E-state index in [9.17, 15) is 0 Å². The SMILES string of the molecule is c1ccc(P(c2ccccc2)c2ccc(-n3c4cc5c(cc4c4ccc6ccccc6c43)c3ccccc3n3c4ccccc4nc53)cc2)cc1. The summed E-state index contributed by atoms with van der Waals surface area (Å²) in [6, 6.07) is 66.6. The van der Waals surface area contributed by atoms with Gasteiger partial charge < -0.3 is 4.57 Å². The second-order valence-corrected chi connectivity index (χ2v) is 15.5. The van der Waals surface area contributed by atoms with Gasteiger partial charge in [0.2, 0.25) is 0 Å². The van der Waals surface area contributed by atoms with Crippen molar-refractivity contribution in [3.05, 3.63) is 182 Å². The molecule has 51 heavy (non-hydrogen) atoms. The summed E-state index contributed by atoms with van der Waals surface area (Å²) in [5.74, 6) is 0. The lowest BCUT2D eigenvalue weighted by Crippen LogP contribution is -2.20. The molecule has 3 aromatic heterocycles. The zero-order chi connectivity index (χ0) is 33.5. The molecular weight excluding hydrogens is 638 g/mol. The van der Waals surface area contributed by atoms with Gasteiger partial charge in [0.05, 0.1) is 27.6 Å². The number of para-hydroxylation sites is 3. The molecule has 3 heterocycles. The van der Waals surface area contributed by atoms with Crippen molar-refractivity contribution in [2.24, 2.45) is 0 Å². The molecule has 0 aliphatic rings. The van der Waals surface area contributed by atoms with Gasteiger partial charge in [-0.1, -0.05) is 140 Å². The molecule has 11 aromatic rings. The van der Waals surface area contributed by atoms with Gasteiger partial charge in [0, 0.05) is 32.6 Å². The van der Waals surface area contributed by atoms with Crippen molar-refractivity contribution in [1.82, 2.24) is 14.0 Å². The molecule has 0 radical (unpaired) electrons. The van der Waals surface area contributed by atoms with E-state index in [1.54, 1.807) is 0 Å². The van der Waals surface area contributed by atoms with Crippen LogP contribution in [0.4, 0.5) is 0 Å². The molecule has 0 unspecified atom stereocenters. The van der Waals surface area contributed by atoms with Crippen LogP contribution in [0, 0.1) is 0 Å². The van der Waals surface area contributed by atoms with Crippen LogP contribution in [0.15, 0.2) is 182 Å². The fourth-order valence-corrected chi connectivity index (χ4v) is 10.5. The average Bonchev–Trinajstić information content (AvgIpc) is 3.75. The number of hydrogen-bond acceptors (Lipinski definition) is 1. The first-order valence-corrected chi connectivity index (χ1v) is 18.7. The van der Waals surface area contributed by atoms with Crippen molar-refractivity contribution < 1.29 is 0 Å². The van der Waals surface area contributed by atoms with Crippen LogP contribution in [0.2, 0.25) is 0 Å². The second kappa shape index (κ2) is 11.1. The smallest absolute Gasteiger partial charge is 0.146 e. The largest absolute Gasteiger partial charge is 0.309 e. The topological polar surface area (TPSA) is 22.2 Å². The van der Waals surface area contributed by atoms with Crippen LogP contribution in [0.3, 0.4) is 0 Å². The van der Waals surface area contributed by atoms with E-state index < -0.39 is 7.92 Å². The molecule has 0 fully saturated rings. The highest BCUT2D eigenvalue weighted by atomic mass is 31.1. The Morgan fingerprint density at radius 2 is 1.02 bits per heavy atom. The molecule has 0 spiro atoms. The molecule has 238 valence electrons. The zero-order valence-electron chi connectivity index (χ0n) is 27.6. The maximum atomic E-state index is 5.25. The molecule has 0 N–H and O–H groups in total. The Balaban J connectivity index is 1.23. The van der Waals surface area contributed by atoms with E-state index in [1.165, 1.54) is 64.8 Å². The van der Waals surface area contributed by atoms with Crippen LogP contribution in [-0.2, 0) is 0 Å². The van der Waals surface area contributed by atoms with Crippen LogP contribution < -0.4 is 15.9 Å². The predicted octanol–water partition coefficient (Wildman–Crippen LogP) is 10.8. The normalized spacial score (nSPS) is 12.1. The molecule has 0 bridgehead atoms. The molecular formula is C47H30N3P. The summed E-state index contributed by atoms with van der Waals surface area (Å²) in [6.07, 6.45) is 0. The Hall–Kier alpha value is -6.28. The van der Waals surface area contributed by atoms with E-state index in [4.69, 9.17) is 4.98 Å². The van der Waals surface area contributed by atoms with Crippen LogP contribution in [0.5, 0.6) is 0 Å². The van der Waals surface area contributed by atoms with Gasteiger partial charge in [-0.05, 0) is 77.1 Å². The number of aromatic nitrogens is 3. The molecule has 0 atom stereocenters. The number of benzene rings is 8. The number of rotatable bonds is 4. The molecule has 0 amide bonds. The summed E-state index contributed by atoms with van der Waals surface area (Å²) in [5, 5.41) is 12.6. The number of nitrogens with zero attached hydrogens (tertiary/aromatic N) is 3. The third-order valence-corrected chi connectivity index (χ3v) is 12.9. The van der Waals surface area contributed by atoms with E-state index in [-0.39, 0.29) is 0 Å². The minimum atomic E-state index is -0.704. The van der Waals surface area contributed by atoms with Gasteiger partial charge in [0.1, 0.15) is 5.65 Å². The Kier molecular flexibility index (Phi) is 6.22. The van der Waals surface area contributed by atoms with Crippen molar-refractivity contribution in [2.45, 2.75) is 0 Å².